The molecule has 0 bridgehead atoms. The molecular weight excluding hydrogens is 360 g/mol. The number of benzene rings is 2. The summed E-state index contributed by atoms with van der Waals surface area (Å²) in [6.07, 6.45) is 9.14. The highest BCUT2D eigenvalue weighted by Gasteiger charge is 2.03. The van der Waals surface area contributed by atoms with Crippen LogP contribution in [-0.2, 0) is 19.6 Å². The Labute approximate surface area is 172 Å². The third kappa shape index (κ3) is 6.11. The molecule has 0 radical (unpaired) electrons. The molecule has 0 spiro atoms. The number of aromatic amines is 1. The summed E-state index contributed by atoms with van der Waals surface area (Å²) < 4.78 is 7.87. The van der Waals surface area contributed by atoms with E-state index in [4.69, 9.17) is 4.74 Å². The van der Waals surface area contributed by atoms with Crippen LogP contribution in [0.2, 0.25) is 0 Å². The van der Waals surface area contributed by atoms with Crippen molar-refractivity contribution in [2.24, 2.45) is 0 Å². The number of H-pyrrole nitrogens is 1. The monoisotopic (exact) mass is 388 g/mol. The second kappa shape index (κ2) is 10.3. The lowest BCUT2D eigenvalue weighted by Crippen LogP contribution is -2.07. The quantitative estimate of drug-likeness (QED) is 0.610. The summed E-state index contributed by atoms with van der Waals surface area (Å²) in [6, 6.07) is 17.8. The van der Waals surface area contributed by atoms with E-state index in [9.17, 15) is 4.79 Å². The Bertz CT molecular complexity index is 1010. The van der Waals surface area contributed by atoms with Gasteiger partial charge >= 0.3 is 0 Å². The number of rotatable bonds is 7. The molecule has 0 atom stereocenters. The number of hydrogen-bond acceptors (Lipinski definition) is 2. The average molecular weight is 389 g/mol. The summed E-state index contributed by atoms with van der Waals surface area (Å²) >= 11 is 0. The molecule has 0 aliphatic carbocycles. The smallest absolute Gasteiger partial charge is 0.223 e. The first-order valence-electron chi connectivity index (χ1n) is 9.96. The molecule has 0 amide bonds. The van der Waals surface area contributed by atoms with Crippen LogP contribution < -0.4 is 10.2 Å². The standard InChI is InChI=1S/C25H28N2O2/c1-20-8-6-9-21(2)23(20)12-7-16-27-17-15-26-14-13-24(28)25(18-27)29-19-22-10-4-3-5-11-22/h3-6,8-11,13-15,17-18,26H,7,12,16,19H2,1-2H3. The second-order valence-corrected chi connectivity index (χ2v) is 7.16. The Morgan fingerprint density at radius 2 is 1.69 bits per heavy atom. The Kier molecular flexibility index (Phi) is 7.28. The molecule has 4 nitrogen and oxygen atoms in total. The zero-order valence-corrected chi connectivity index (χ0v) is 17.1. The fourth-order valence-electron chi connectivity index (χ4n) is 3.32. The van der Waals surface area contributed by atoms with Crippen molar-refractivity contribution in [1.29, 1.82) is 0 Å². The van der Waals surface area contributed by atoms with Crippen LogP contribution in [0, 0.1) is 13.8 Å². The van der Waals surface area contributed by atoms with Crippen LogP contribution in [0.1, 0.15) is 28.7 Å². The molecule has 4 heteroatoms. The van der Waals surface area contributed by atoms with E-state index in [1.807, 2.05) is 47.3 Å². The van der Waals surface area contributed by atoms with Gasteiger partial charge in [-0.05, 0) is 48.9 Å². The molecule has 0 unspecified atom stereocenters. The summed E-state index contributed by atoms with van der Waals surface area (Å²) in [5.74, 6) is 0.338. The summed E-state index contributed by atoms with van der Waals surface area (Å²) in [5, 5.41) is 0. The van der Waals surface area contributed by atoms with Crippen molar-refractivity contribution in [3.05, 3.63) is 112 Å². The van der Waals surface area contributed by atoms with E-state index in [0.29, 0.717) is 12.4 Å². The fourth-order valence-corrected chi connectivity index (χ4v) is 3.32. The third-order valence-electron chi connectivity index (χ3n) is 4.94. The van der Waals surface area contributed by atoms with Gasteiger partial charge in [-0.25, -0.2) is 0 Å². The van der Waals surface area contributed by atoms with Gasteiger partial charge in [0.15, 0.2) is 5.75 Å². The molecule has 0 saturated carbocycles. The normalized spacial score (nSPS) is 10.4. The Morgan fingerprint density at radius 1 is 0.931 bits per heavy atom. The highest BCUT2D eigenvalue weighted by Crippen LogP contribution is 2.16. The Balaban J connectivity index is 1.77. The lowest BCUT2D eigenvalue weighted by Gasteiger charge is -2.11. The van der Waals surface area contributed by atoms with Crippen LogP contribution >= 0.6 is 0 Å². The molecule has 1 heterocycles. The van der Waals surface area contributed by atoms with Gasteiger partial charge in [0.1, 0.15) is 6.61 Å². The van der Waals surface area contributed by atoms with Crippen molar-refractivity contribution < 1.29 is 4.74 Å². The number of ether oxygens (including phenoxy) is 1. The summed E-state index contributed by atoms with van der Waals surface area (Å²) in [5.41, 5.74) is 4.93. The van der Waals surface area contributed by atoms with Crippen LogP contribution in [0.3, 0.4) is 0 Å². The maximum atomic E-state index is 12.5. The molecule has 0 fully saturated rings. The Morgan fingerprint density at radius 3 is 2.45 bits per heavy atom. The van der Waals surface area contributed by atoms with E-state index in [0.717, 1.165) is 24.9 Å². The zero-order valence-electron chi connectivity index (χ0n) is 17.1. The van der Waals surface area contributed by atoms with Crippen LogP contribution in [0.25, 0.3) is 0 Å². The van der Waals surface area contributed by atoms with Gasteiger partial charge in [0.05, 0.1) is 6.20 Å². The van der Waals surface area contributed by atoms with Crippen molar-refractivity contribution >= 4 is 0 Å². The van der Waals surface area contributed by atoms with Gasteiger partial charge in [-0.2, -0.15) is 0 Å². The highest BCUT2D eigenvalue weighted by atomic mass is 16.5. The predicted octanol–water partition coefficient (Wildman–Crippen LogP) is 5.13. The van der Waals surface area contributed by atoms with Crippen LogP contribution in [0.15, 0.2) is 84.2 Å². The molecule has 0 aliphatic heterocycles. The van der Waals surface area contributed by atoms with E-state index in [1.54, 1.807) is 12.4 Å². The highest BCUT2D eigenvalue weighted by molar-refractivity contribution is 5.33. The first kappa shape index (κ1) is 20.5. The van der Waals surface area contributed by atoms with Gasteiger partial charge in [-0.15, -0.1) is 0 Å². The van der Waals surface area contributed by atoms with Gasteiger partial charge in [0.25, 0.3) is 0 Å². The van der Waals surface area contributed by atoms with Crippen LogP contribution in [-0.4, -0.2) is 9.55 Å². The van der Waals surface area contributed by atoms with E-state index in [1.165, 1.54) is 22.8 Å². The number of nitrogens with zero attached hydrogens (tertiary/aromatic N) is 1. The molecule has 150 valence electrons. The average Bonchev–Trinajstić information content (AvgIpc) is 2.80. The maximum Gasteiger partial charge on any atom is 0.223 e. The summed E-state index contributed by atoms with van der Waals surface area (Å²) in [7, 11) is 0. The van der Waals surface area contributed by atoms with E-state index < -0.39 is 0 Å². The van der Waals surface area contributed by atoms with Crippen molar-refractivity contribution in [1.82, 2.24) is 9.55 Å². The molecule has 29 heavy (non-hydrogen) atoms. The molecule has 3 rings (SSSR count). The van der Waals surface area contributed by atoms with Crippen LogP contribution in [0.4, 0.5) is 0 Å². The number of aryl methyl sites for hydroxylation is 3. The van der Waals surface area contributed by atoms with Gasteiger partial charge in [-0.3, -0.25) is 4.79 Å². The SMILES string of the molecule is Cc1cccc(C)c1CCCn1cc[nH]ccc(=O)c(OCc2ccccc2)c1. The molecular formula is C25H28N2O2. The molecule has 0 aliphatic rings. The lowest BCUT2D eigenvalue weighted by atomic mass is 9.99. The minimum Gasteiger partial charge on any atom is -0.483 e. The summed E-state index contributed by atoms with van der Waals surface area (Å²) in [6.45, 7) is 5.47. The Hall–Kier alpha value is -3.27. The van der Waals surface area contributed by atoms with Gasteiger partial charge < -0.3 is 14.3 Å². The second-order valence-electron chi connectivity index (χ2n) is 7.16. The van der Waals surface area contributed by atoms with E-state index >= 15 is 0 Å². The molecule has 0 saturated heterocycles. The first-order chi connectivity index (χ1) is 14.1. The topological polar surface area (TPSA) is 47.0 Å². The van der Waals surface area contributed by atoms with Crippen molar-refractivity contribution in [2.45, 2.75) is 39.8 Å². The van der Waals surface area contributed by atoms with Crippen molar-refractivity contribution in [2.75, 3.05) is 0 Å². The van der Waals surface area contributed by atoms with Gasteiger partial charge in [0, 0.05) is 31.2 Å². The maximum absolute atomic E-state index is 12.5. The minimum absolute atomic E-state index is 0.156. The molecule has 2 aromatic carbocycles. The predicted molar refractivity (Wildman–Crippen MR) is 118 cm³/mol. The van der Waals surface area contributed by atoms with Gasteiger partial charge in [-0.1, -0.05) is 48.5 Å². The zero-order chi connectivity index (χ0) is 20.5. The number of aromatic nitrogens is 2. The number of hydrogen-bond donors (Lipinski definition) is 1. The van der Waals surface area contributed by atoms with E-state index in [-0.39, 0.29) is 5.43 Å². The first-order valence-corrected chi connectivity index (χ1v) is 9.96. The number of nitrogens with one attached hydrogen (secondary N) is 1. The lowest BCUT2D eigenvalue weighted by molar-refractivity contribution is 0.301. The third-order valence-corrected chi connectivity index (χ3v) is 4.94. The molecule has 1 N–H and O–H groups in total. The molecule has 3 aromatic rings. The van der Waals surface area contributed by atoms with E-state index in [2.05, 4.69) is 37.0 Å². The summed E-state index contributed by atoms with van der Waals surface area (Å²) in [4.78, 5) is 15.5. The minimum atomic E-state index is -0.156. The van der Waals surface area contributed by atoms with Gasteiger partial charge in [0.2, 0.25) is 5.43 Å². The molecule has 1 aromatic heterocycles. The fraction of sp³-hybridized carbons (Fsp3) is 0.240. The van der Waals surface area contributed by atoms with Crippen molar-refractivity contribution in [3.8, 4) is 5.75 Å². The van der Waals surface area contributed by atoms with Crippen molar-refractivity contribution in [3.63, 3.8) is 0 Å². The van der Waals surface area contributed by atoms with Crippen LogP contribution in [0.5, 0.6) is 5.75 Å². The largest absolute Gasteiger partial charge is 0.483 e.